The van der Waals surface area contributed by atoms with Crippen LogP contribution in [0.5, 0.6) is 0 Å². The van der Waals surface area contributed by atoms with E-state index in [0.29, 0.717) is 12.2 Å². The average molecular weight is 316 g/mol. The lowest BCUT2D eigenvalue weighted by atomic mass is 10.2. The largest absolute Gasteiger partial charge is 0.325 e. The number of hydrogen-bond donors (Lipinski definition) is 2. The highest BCUT2D eigenvalue weighted by molar-refractivity contribution is 7.13. The summed E-state index contributed by atoms with van der Waals surface area (Å²) in [5, 5.41) is 8.14. The standard InChI is InChI=1S/C14H12N4OS2/c15-7-12-18-11(8-21-12)13(19)17-10-3-1-2-9(6-10)14-16-4-5-20-14/h1-6,8H,7,15H2,(H,17,19). The topological polar surface area (TPSA) is 80.9 Å². The Balaban J connectivity index is 1.78. The molecule has 1 aromatic carbocycles. The van der Waals surface area contributed by atoms with Gasteiger partial charge >= 0.3 is 0 Å². The van der Waals surface area contributed by atoms with Crippen LogP contribution >= 0.6 is 22.7 Å². The Labute approximate surface area is 129 Å². The Hall–Kier alpha value is -2.09. The van der Waals surface area contributed by atoms with Crippen LogP contribution in [0.15, 0.2) is 41.2 Å². The number of anilines is 1. The molecule has 0 aliphatic rings. The van der Waals surface area contributed by atoms with Crippen molar-refractivity contribution < 1.29 is 4.79 Å². The lowest BCUT2D eigenvalue weighted by Crippen LogP contribution is -2.12. The summed E-state index contributed by atoms with van der Waals surface area (Å²) in [6.45, 7) is 0.345. The minimum absolute atomic E-state index is 0.234. The molecule has 2 heterocycles. The van der Waals surface area contributed by atoms with Crippen molar-refractivity contribution in [2.24, 2.45) is 5.73 Å². The molecule has 0 saturated carbocycles. The number of nitrogens with zero attached hydrogens (tertiary/aromatic N) is 2. The number of carbonyl (C=O) groups excluding carboxylic acids is 1. The first-order valence-electron chi connectivity index (χ1n) is 6.22. The molecule has 3 N–H and O–H groups in total. The van der Waals surface area contributed by atoms with E-state index in [1.54, 1.807) is 22.9 Å². The number of nitrogens with one attached hydrogen (secondary N) is 1. The zero-order valence-electron chi connectivity index (χ0n) is 10.9. The van der Waals surface area contributed by atoms with Gasteiger partial charge in [0.2, 0.25) is 0 Å². The highest BCUT2D eigenvalue weighted by Gasteiger charge is 2.11. The fourth-order valence-corrected chi connectivity index (χ4v) is 3.09. The molecule has 0 aliphatic carbocycles. The van der Waals surface area contributed by atoms with Gasteiger partial charge in [0.15, 0.2) is 0 Å². The summed E-state index contributed by atoms with van der Waals surface area (Å²) < 4.78 is 0. The van der Waals surface area contributed by atoms with Gasteiger partial charge in [0, 0.05) is 34.8 Å². The van der Waals surface area contributed by atoms with Crippen LogP contribution < -0.4 is 11.1 Å². The molecule has 0 saturated heterocycles. The van der Waals surface area contributed by atoms with Gasteiger partial charge in [0.1, 0.15) is 15.7 Å². The van der Waals surface area contributed by atoms with Crippen LogP contribution in [0.1, 0.15) is 15.5 Å². The Morgan fingerprint density at radius 2 is 2.24 bits per heavy atom. The molecule has 106 valence electrons. The average Bonchev–Trinajstić information content (AvgIpc) is 3.19. The summed E-state index contributed by atoms with van der Waals surface area (Å²) in [6, 6.07) is 7.58. The number of thiazole rings is 2. The molecule has 1 amide bonds. The first kappa shape index (κ1) is 13.9. The van der Waals surface area contributed by atoms with Crippen LogP contribution in [0.25, 0.3) is 10.6 Å². The molecule has 7 heteroatoms. The molecule has 0 bridgehead atoms. The molecule has 21 heavy (non-hydrogen) atoms. The monoisotopic (exact) mass is 316 g/mol. The maximum atomic E-state index is 12.1. The minimum Gasteiger partial charge on any atom is -0.325 e. The summed E-state index contributed by atoms with van der Waals surface area (Å²) in [5.74, 6) is -0.234. The molecule has 0 radical (unpaired) electrons. The van der Waals surface area contributed by atoms with Gasteiger partial charge in [-0.05, 0) is 12.1 Å². The number of aromatic nitrogens is 2. The van der Waals surface area contributed by atoms with Crippen LogP contribution in [0.4, 0.5) is 5.69 Å². The van der Waals surface area contributed by atoms with Crippen LogP contribution in [-0.4, -0.2) is 15.9 Å². The summed E-state index contributed by atoms with van der Waals surface area (Å²) in [6.07, 6.45) is 1.76. The minimum atomic E-state index is -0.234. The first-order valence-corrected chi connectivity index (χ1v) is 7.98. The first-order chi connectivity index (χ1) is 10.3. The smallest absolute Gasteiger partial charge is 0.275 e. The van der Waals surface area contributed by atoms with E-state index in [4.69, 9.17) is 5.73 Å². The highest BCUT2D eigenvalue weighted by atomic mass is 32.1. The molecule has 2 aromatic heterocycles. The van der Waals surface area contributed by atoms with E-state index in [0.717, 1.165) is 21.3 Å². The number of benzene rings is 1. The fourth-order valence-electron chi connectivity index (χ4n) is 1.80. The molecular weight excluding hydrogens is 304 g/mol. The molecule has 0 fully saturated rings. The molecular formula is C14H12N4OS2. The van der Waals surface area contributed by atoms with Gasteiger partial charge in [-0.15, -0.1) is 22.7 Å². The lowest BCUT2D eigenvalue weighted by molar-refractivity contribution is 0.102. The van der Waals surface area contributed by atoms with Gasteiger partial charge in [-0.3, -0.25) is 4.79 Å². The maximum absolute atomic E-state index is 12.1. The second-order valence-electron chi connectivity index (χ2n) is 4.20. The van der Waals surface area contributed by atoms with E-state index >= 15 is 0 Å². The normalized spacial score (nSPS) is 10.5. The predicted molar refractivity (Wildman–Crippen MR) is 85.5 cm³/mol. The third kappa shape index (κ3) is 3.15. The summed E-state index contributed by atoms with van der Waals surface area (Å²) in [4.78, 5) is 20.5. The van der Waals surface area contributed by atoms with Crippen molar-refractivity contribution in [3.63, 3.8) is 0 Å². The van der Waals surface area contributed by atoms with Gasteiger partial charge in [0.05, 0.1) is 0 Å². The lowest BCUT2D eigenvalue weighted by Gasteiger charge is -2.04. The highest BCUT2D eigenvalue weighted by Crippen LogP contribution is 2.24. The van der Waals surface area contributed by atoms with Crippen LogP contribution in [0.3, 0.4) is 0 Å². The third-order valence-corrected chi connectivity index (χ3v) is 4.45. The number of rotatable bonds is 4. The quantitative estimate of drug-likeness (QED) is 0.775. The molecule has 0 aliphatic heterocycles. The van der Waals surface area contributed by atoms with E-state index < -0.39 is 0 Å². The van der Waals surface area contributed by atoms with Gasteiger partial charge in [-0.2, -0.15) is 0 Å². The fraction of sp³-hybridized carbons (Fsp3) is 0.0714. The van der Waals surface area contributed by atoms with Crippen molar-refractivity contribution in [2.45, 2.75) is 6.54 Å². The number of amides is 1. The van der Waals surface area contributed by atoms with Crippen molar-refractivity contribution in [1.82, 2.24) is 9.97 Å². The van der Waals surface area contributed by atoms with Crippen molar-refractivity contribution in [2.75, 3.05) is 5.32 Å². The third-order valence-electron chi connectivity index (χ3n) is 2.76. The molecule has 0 atom stereocenters. The van der Waals surface area contributed by atoms with Gasteiger partial charge < -0.3 is 11.1 Å². The Morgan fingerprint density at radius 1 is 1.33 bits per heavy atom. The Morgan fingerprint density at radius 3 is 2.95 bits per heavy atom. The Kier molecular flexibility index (Phi) is 4.05. The zero-order chi connectivity index (χ0) is 14.7. The summed E-state index contributed by atoms with van der Waals surface area (Å²) in [7, 11) is 0. The van der Waals surface area contributed by atoms with E-state index in [-0.39, 0.29) is 5.91 Å². The van der Waals surface area contributed by atoms with Gasteiger partial charge in [0.25, 0.3) is 5.91 Å². The SMILES string of the molecule is NCc1nc(C(=O)Nc2cccc(-c3nccs3)c2)cs1. The van der Waals surface area contributed by atoms with Crippen molar-refractivity contribution in [3.05, 3.63) is 51.9 Å². The second-order valence-corrected chi connectivity index (χ2v) is 6.04. The van der Waals surface area contributed by atoms with Crippen LogP contribution in [-0.2, 0) is 6.54 Å². The van der Waals surface area contributed by atoms with Crippen molar-refractivity contribution in [3.8, 4) is 10.6 Å². The van der Waals surface area contributed by atoms with Gasteiger partial charge in [-0.1, -0.05) is 12.1 Å². The van der Waals surface area contributed by atoms with Crippen LogP contribution in [0, 0.1) is 0 Å². The second kappa shape index (κ2) is 6.13. The zero-order valence-corrected chi connectivity index (χ0v) is 12.6. The van der Waals surface area contributed by atoms with Crippen molar-refractivity contribution >= 4 is 34.3 Å². The predicted octanol–water partition coefficient (Wildman–Crippen LogP) is 2.98. The van der Waals surface area contributed by atoms with E-state index in [1.165, 1.54) is 11.3 Å². The molecule has 3 rings (SSSR count). The molecule has 0 spiro atoms. The molecule has 3 aromatic rings. The van der Waals surface area contributed by atoms with Gasteiger partial charge in [-0.25, -0.2) is 9.97 Å². The Bertz CT molecular complexity index is 752. The van der Waals surface area contributed by atoms with E-state index in [1.807, 2.05) is 29.6 Å². The maximum Gasteiger partial charge on any atom is 0.275 e. The number of carbonyl (C=O) groups is 1. The number of nitrogens with two attached hydrogens (primary N) is 1. The summed E-state index contributed by atoms with van der Waals surface area (Å²) in [5.41, 5.74) is 7.58. The molecule has 0 unspecified atom stereocenters. The molecule has 5 nitrogen and oxygen atoms in total. The van der Waals surface area contributed by atoms with Crippen LogP contribution in [0.2, 0.25) is 0 Å². The number of hydrogen-bond acceptors (Lipinski definition) is 6. The van der Waals surface area contributed by atoms with Crippen molar-refractivity contribution in [1.29, 1.82) is 0 Å². The van der Waals surface area contributed by atoms with E-state index in [2.05, 4.69) is 15.3 Å². The summed E-state index contributed by atoms with van der Waals surface area (Å²) >= 11 is 2.94. The van der Waals surface area contributed by atoms with E-state index in [9.17, 15) is 4.79 Å².